The number of aryl methyl sites for hydroxylation is 1. The van der Waals surface area contributed by atoms with Crippen LogP contribution in [0.15, 0.2) is 6.07 Å². The van der Waals surface area contributed by atoms with Gasteiger partial charge in [-0.25, -0.2) is 4.98 Å². The van der Waals surface area contributed by atoms with Gasteiger partial charge in [-0.3, -0.25) is 0 Å². The molecule has 5 heteroatoms. The van der Waals surface area contributed by atoms with Crippen LogP contribution in [0, 0.1) is 6.92 Å². The lowest BCUT2D eigenvalue weighted by molar-refractivity contribution is -0.00546. The first-order chi connectivity index (χ1) is 8.58. The van der Waals surface area contributed by atoms with Crippen LogP contribution in [-0.4, -0.2) is 41.8 Å². The topological polar surface area (TPSA) is 50.3 Å². The zero-order chi connectivity index (χ0) is 13.1. The van der Waals surface area contributed by atoms with Gasteiger partial charge in [0.25, 0.3) is 0 Å². The first-order valence-electron chi connectivity index (χ1n) is 6.58. The molecule has 1 saturated heterocycles. The highest BCUT2D eigenvalue weighted by Gasteiger charge is 2.23. The van der Waals surface area contributed by atoms with E-state index in [-0.39, 0.29) is 12.2 Å². The molecular weight excluding hydrogens is 228 g/mol. The summed E-state index contributed by atoms with van der Waals surface area (Å²) in [6.45, 7) is 10.8. The van der Waals surface area contributed by atoms with Crippen LogP contribution in [0.3, 0.4) is 0 Å². The zero-order valence-corrected chi connectivity index (χ0v) is 11.6. The summed E-state index contributed by atoms with van der Waals surface area (Å²) in [5.41, 5.74) is 0.989. The molecule has 18 heavy (non-hydrogen) atoms. The van der Waals surface area contributed by atoms with Crippen molar-refractivity contribution < 1.29 is 4.74 Å². The van der Waals surface area contributed by atoms with Gasteiger partial charge >= 0.3 is 0 Å². The normalized spacial score (nSPS) is 24.1. The molecule has 2 rings (SSSR count). The Morgan fingerprint density at radius 1 is 1.33 bits per heavy atom. The third-order valence-corrected chi connectivity index (χ3v) is 2.92. The summed E-state index contributed by atoms with van der Waals surface area (Å²) in [6.07, 6.45) is 0.484. The molecule has 2 unspecified atom stereocenters. The summed E-state index contributed by atoms with van der Waals surface area (Å²) in [6, 6.07) is 2.03. The molecule has 0 amide bonds. The van der Waals surface area contributed by atoms with Crippen molar-refractivity contribution in [1.82, 2.24) is 9.97 Å². The van der Waals surface area contributed by atoms with Crippen LogP contribution >= 0.6 is 0 Å². The molecule has 100 valence electrons. The van der Waals surface area contributed by atoms with Gasteiger partial charge in [0.15, 0.2) is 0 Å². The lowest BCUT2D eigenvalue weighted by Crippen LogP contribution is -2.46. The van der Waals surface area contributed by atoms with E-state index in [4.69, 9.17) is 4.74 Å². The number of morpholine rings is 1. The van der Waals surface area contributed by atoms with Gasteiger partial charge in [0, 0.05) is 31.4 Å². The second kappa shape index (κ2) is 5.52. The van der Waals surface area contributed by atoms with Gasteiger partial charge in [-0.15, -0.1) is 0 Å². The van der Waals surface area contributed by atoms with Crippen molar-refractivity contribution in [3.8, 4) is 0 Å². The van der Waals surface area contributed by atoms with E-state index in [0.29, 0.717) is 5.95 Å². The molecule has 1 aromatic rings. The number of rotatable bonds is 3. The quantitative estimate of drug-likeness (QED) is 0.887. The fourth-order valence-corrected chi connectivity index (χ4v) is 2.32. The molecule has 1 N–H and O–H groups in total. The van der Waals surface area contributed by atoms with Crippen LogP contribution in [0.2, 0.25) is 0 Å². The molecule has 0 radical (unpaired) electrons. The number of nitrogens with zero attached hydrogens (tertiary/aromatic N) is 3. The standard InChI is InChI=1S/C13H22N4O/c1-5-14-13-15-9(2)6-12(16-13)17-7-10(3)18-11(4)8-17/h6,10-11H,5,7-8H2,1-4H3,(H,14,15,16). The Morgan fingerprint density at radius 2 is 2.00 bits per heavy atom. The summed E-state index contributed by atoms with van der Waals surface area (Å²) in [7, 11) is 0. The molecule has 1 fully saturated rings. The Hall–Kier alpha value is -1.36. The van der Waals surface area contributed by atoms with Crippen LogP contribution in [-0.2, 0) is 4.74 Å². The van der Waals surface area contributed by atoms with Crippen LogP contribution in [0.1, 0.15) is 26.5 Å². The van der Waals surface area contributed by atoms with Gasteiger partial charge in [0.2, 0.25) is 5.95 Å². The molecular formula is C13H22N4O. The highest BCUT2D eigenvalue weighted by molar-refractivity contribution is 5.45. The predicted molar refractivity (Wildman–Crippen MR) is 73.2 cm³/mol. The van der Waals surface area contributed by atoms with Gasteiger partial charge < -0.3 is 15.0 Å². The molecule has 0 spiro atoms. The summed E-state index contributed by atoms with van der Waals surface area (Å²) >= 11 is 0. The molecule has 0 aliphatic carbocycles. The van der Waals surface area contributed by atoms with Crippen molar-refractivity contribution >= 4 is 11.8 Å². The highest BCUT2D eigenvalue weighted by Crippen LogP contribution is 2.20. The van der Waals surface area contributed by atoms with E-state index in [1.807, 2.05) is 19.9 Å². The molecule has 0 aromatic carbocycles. The van der Waals surface area contributed by atoms with Crippen LogP contribution in [0.25, 0.3) is 0 Å². The molecule has 2 heterocycles. The molecule has 1 aromatic heterocycles. The maximum absolute atomic E-state index is 5.75. The Bertz CT molecular complexity index is 400. The predicted octanol–water partition coefficient (Wildman–Crippen LogP) is 1.83. The second-order valence-corrected chi connectivity index (χ2v) is 4.88. The number of ether oxygens (including phenoxy) is 1. The van der Waals surface area contributed by atoms with E-state index >= 15 is 0 Å². The van der Waals surface area contributed by atoms with Crippen molar-refractivity contribution in [3.63, 3.8) is 0 Å². The molecule has 0 saturated carbocycles. The van der Waals surface area contributed by atoms with Crippen LogP contribution < -0.4 is 10.2 Å². The van der Waals surface area contributed by atoms with Crippen molar-refractivity contribution in [2.75, 3.05) is 29.9 Å². The van der Waals surface area contributed by atoms with E-state index in [1.54, 1.807) is 0 Å². The molecule has 1 aliphatic heterocycles. The van der Waals surface area contributed by atoms with Gasteiger partial charge in [0.05, 0.1) is 12.2 Å². The fraction of sp³-hybridized carbons (Fsp3) is 0.692. The molecule has 1 aliphatic rings. The third kappa shape index (κ3) is 3.10. The van der Waals surface area contributed by atoms with Gasteiger partial charge in [-0.1, -0.05) is 0 Å². The smallest absolute Gasteiger partial charge is 0.224 e. The lowest BCUT2D eigenvalue weighted by atomic mass is 10.2. The van der Waals surface area contributed by atoms with E-state index in [2.05, 4.69) is 34.0 Å². The molecule has 0 bridgehead atoms. The number of aromatic nitrogens is 2. The SMILES string of the molecule is CCNc1nc(C)cc(N2CC(C)OC(C)C2)n1. The number of hydrogen-bond acceptors (Lipinski definition) is 5. The van der Waals surface area contributed by atoms with Gasteiger partial charge in [-0.05, 0) is 27.7 Å². The van der Waals surface area contributed by atoms with Crippen LogP contribution in [0.5, 0.6) is 0 Å². The van der Waals surface area contributed by atoms with Crippen molar-refractivity contribution in [1.29, 1.82) is 0 Å². The minimum atomic E-state index is 0.242. The Kier molecular flexibility index (Phi) is 4.01. The lowest BCUT2D eigenvalue weighted by Gasteiger charge is -2.36. The Balaban J connectivity index is 2.21. The Labute approximate surface area is 109 Å². The van der Waals surface area contributed by atoms with E-state index in [1.165, 1.54) is 0 Å². The first-order valence-corrected chi connectivity index (χ1v) is 6.58. The maximum atomic E-state index is 5.75. The van der Waals surface area contributed by atoms with Gasteiger partial charge in [0.1, 0.15) is 5.82 Å². The Morgan fingerprint density at radius 3 is 2.61 bits per heavy atom. The van der Waals surface area contributed by atoms with E-state index in [9.17, 15) is 0 Å². The summed E-state index contributed by atoms with van der Waals surface area (Å²) in [5, 5.41) is 3.17. The second-order valence-electron chi connectivity index (χ2n) is 4.88. The van der Waals surface area contributed by atoms with Crippen molar-refractivity contribution in [2.45, 2.75) is 39.9 Å². The minimum absolute atomic E-state index is 0.242. The number of nitrogens with one attached hydrogen (secondary N) is 1. The van der Waals surface area contributed by atoms with Crippen LogP contribution in [0.4, 0.5) is 11.8 Å². The minimum Gasteiger partial charge on any atom is -0.372 e. The average molecular weight is 250 g/mol. The largest absolute Gasteiger partial charge is 0.372 e. The first kappa shape index (κ1) is 13.1. The third-order valence-electron chi connectivity index (χ3n) is 2.92. The van der Waals surface area contributed by atoms with E-state index in [0.717, 1.165) is 31.1 Å². The van der Waals surface area contributed by atoms with E-state index < -0.39 is 0 Å². The zero-order valence-electron chi connectivity index (χ0n) is 11.6. The molecule has 2 atom stereocenters. The number of anilines is 2. The average Bonchev–Trinajstić information content (AvgIpc) is 2.27. The highest BCUT2D eigenvalue weighted by atomic mass is 16.5. The van der Waals surface area contributed by atoms with Crippen molar-refractivity contribution in [3.05, 3.63) is 11.8 Å². The summed E-state index contributed by atoms with van der Waals surface area (Å²) < 4.78 is 5.75. The maximum Gasteiger partial charge on any atom is 0.224 e. The van der Waals surface area contributed by atoms with Gasteiger partial charge in [-0.2, -0.15) is 4.98 Å². The van der Waals surface area contributed by atoms with Crippen molar-refractivity contribution in [2.24, 2.45) is 0 Å². The summed E-state index contributed by atoms with van der Waals surface area (Å²) in [4.78, 5) is 11.2. The summed E-state index contributed by atoms with van der Waals surface area (Å²) in [5.74, 6) is 1.69. The number of hydrogen-bond donors (Lipinski definition) is 1. The molecule has 5 nitrogen and oxygen atoms in total. The fourth-order valence-electron chi connectivity index (χ4n) is 2.32. The monoisotopic (exact) mass is 250 g/mol.